The summed E-state index contributed by atoms with van der Waals surface area (Å²) in [7, 11) is 4.76. The number of hydrogen-bond acceptors (Lipinski definition) is 7. The van der Waals surface area contributed by atoms with Gasteiger partial charge in [-0.3, -0.25) is 14.5 Å². The van der Waals surface area contributed by atoms with Crippen molar-refractivity contribution in [3.63, 3.8) is 0 Å². The van der Waals surface area contributed by atoms with Gasteiger partial charge >= 0.3 is 5.97 Å². The normalized spacial score (nSPS) is 17.6. The highest BCUT2D eigenvalue weighted by molar-refractivity contribution is 6.30. The molecule has 1 aliphatic rings. The highest BCUT2D eigenvalue weighted by Gasteiger charge is 2.37. The molecule has 1 saturated heterocycles. The third-order valence-electron chi connectivity index (χ3n) is 6.89. The van der Waals surface area contributed by atoms with E-state index in [1.807, 2.05) is 11.8 Å². The van der Waals surface area contributed by atoms with Crippen LogP contribution in [0.5, 0.6) is 5.75 Å². The number of benzene rings is 2. The lowest BCUT2D eigenvalue weighted by molar-refractivity contribution is -0.146. The third kappa shape index (κ3) is 7.20. The molecule has 1 fully saturated rings. The fourth-order valence-electron chi connectivity index (χ4n) is 4.90. The SMILES string of the molecule is CCC[C@@H](CC(=O)N1C/C(=N/OC)N(C)CC(Cc2cc(Cl)ccc2OC)C1=O)c1ccc(C(=O)O)c(N)c1. The number of nitrogens with two attached hydrogens (primary N) is 1. The number of nitrogens with zero attached hydrogens (tertiary/aromatic N) is 3. The summed E-state index contributed by atoms with van der Waals surface area (Å²) in [4.78, 5) is 47.0. The average Bonchev–Trinajstić information content (AvgIpc) is 3.00. The number of anilines is 1. The topological polar surface area (TPSA) is 135 Å². The quantitative estimate of drug-likeness (QED) is 0.330. The van der Waals surface area contributed by atoms with Crippen LogP contribution in [0.3, 0.4) is 0 Å². The number of likely N-dealkylation sites (N-methyl/N-ethyl adjacent to an activating group) is 1. The van der Waals surface area contributed by atoms with Gasteiger partial charge in [-0.15, -0.1) is 0 Å². The van der Waals surface area contributed by atoms with Crippen LogP contribution in [-0.4, -0.2) is 72.9 Å². The molecule has 39 heavy (non-hydrogen) atoms. The minimum absolute atomic E-state index is 0.00534. The van der Waals surface area contributed by atoms with E-state index in [1.165, 1.54) is 18.1 Å². The van der Waals surface area contributed by atoms with Crippen molar-refractivity contribution in [3.05, 3.63) is 58.1 Å². The number of amidine groups is 1. The molecule has 0 saturated carbocycles. The van der Waals surface area contributed by atoms with Crippen LogP contribution in [0.1, 0.15) is 53.6 Å². The van der Waals surface area contributed by atoms with Crippen LogP contribution < -0.4 is 10.5 Å². The van der Waals surface area contributed by atoms with E-state index in [9.17, 15) is 19.5 Å². The van der Waals surface area contributed by atoms with Crippen molar-refractivity contribution in [3.8, 4) is 5.75 Å². The van der Waals surface area contributed by atoms with Gasteiger partial charge in [-0.25, -0.2) is 4.79 Å². The Morgan fingerprint density at radius 3 is 2.59 bits per heavy atom. The van der Waals surface area contributed by atoms with Gasteiger partial charge in [0.05, 0.1) is 25.1 Å². The van der Waals surface area contributed by atoms with E-state index >= 15 is 0 Å². The number of carbonyl (C=O) groups is 3. The van der Waals surface area contributed by atoms with Crippen LogP contribution in [0.2, 0.25) is 5.02 Å². The van der Waals surface area contributed by atoms with Crippen molar-refractivity contribution in [2.45, 2.75) is 38.5 Å². The summed E-state index contributed by atoms with van der Waals surface area (Å²) in [6.45, 7) is 2.27. The molecule has 11 heteroatoms. The van der Waals surface area contributed by atoms with Crippen LogP contribution in [0.15, 0.2) is 41.6 Å². The first-order chi connectivity index (χ1) is 18.6. The highest BCUT2D eigenvalue weighted by atomic mass is 35.5. The number of methoxy groups -OCH3 is 1. The van der Waals surface area contributed by atoms with E-state index in [-0.39, 0.29) is 41.9 Å². The molecule has 2 atom stereocenters. The fraction of sp³-hybridized carbons (Fsp3) is 0.429. The molecule has 0 radical (unpaired) electrons. The summed E-state index contributed by atoms with van der Waals surface area (Å²) in [6.07, 6.45) is 1.79. The van der Waals surface area contributed by atoms with E-state index in [4.69, 9.17) is 26.9 Å². The van der Waals surface area contributed by atoms with Gasteiger partial charge in [-0.05, 0) is 60.2 Å². The van der Waals surface area contributed by atoms with E-state index < -0.39 is 11.9 Å². The number of ether oxygens (including phenoxy) is 1. The van der Waals surface area contributed by atoms with Gasteiger partial charge in [-0.1, -0.05) is 36.2 Å². The van der Waals surface area contributed by atoms with Crippen LogP contribution in [0, 0.1) is 5.92 Å². The first-order valence-electron chi connectivity index (χ1n) is 12.7. The second-order valence-corrected chi connectivity index (χ2v) is 10.0. The van der Waals surface area contributed by atoms with Gasteiger partial charge in [0, 0.05) is 30.7 Å². The number of carboxylic acids is 1. The van der Waals surface area contributed by atoms with E-state index in [1.54, 1.807) is 44.5 Å². The van der Waals surface area contributed by atoms with Crippen molar-refractivity contribution < 1.29 is 29.1 Å². The number of rotatable bonds is 10. The lowest BCUT2D eigenvalue weighted by atomic mass is 9.89. The average molecular weight is 559 g/mol. The monoisotopic (exact) mass is 558 g/mol. The van der Waals surface area contributed by atoms with Crippen molar-refractivity contribution in [2.24, 2.45) is 11.1 Å². The van der Waals surface area contributed by atoms with Crippen molar-refractivity contribution in [1.82, 2.24) is 9.80 Å². The zero-order valence-electron chi connectivity index (χ0n) is 22.6. The Labute approximate surface area is 233 Å². The molecule has 1 heterocycles. The fourth-order valence-corrected chi connectivity index (χ4v) is 5.09. The molecule has 0 aromatic heterocycles. The van der Waals surface area contributed by atoms with Gasteiger partial charge in [0.1, 0.15) is 12.9 Å². The van der Waals surface area contributed by atoms with Gasteiger partial charge in [-0.2, -0.15) is 0 Å². The highest BCUT2D eigenvalue weighted by Crippen LogP contribution is 2.31. The predicted molar refractivity (Wildman–Crippen MR) is 149 cm³/mol. The maximum Gasteiger partial charge on any atom is 0.337 e. The Bertz CT molecular complexity index is 1250. The second kappa shape index (κ2) is 13.3. The molecule has 3 N–H and O–H groups in total. The molecule has 2 aromatic rings. The summed E-state index contributed by atoms with van der Waals surface area (Å²) in [5, 5.41) is 13.9. The number of nitrogen functional groups attached to an aromatic ring is 1. The van der Waals surface area contributed by atoms with Crippen molar-refractivity contribution in [2.75, 3.05) is 40.1 Å². The van der Waals surface area contributed by atoms with Gasteiger partial charge in [0.15, 0.2) is 5.84 Å². The smallest absolute Gasteiger partial charge is 0.337 e. The zero-order chi connectivity index (χ0) is 28.7. The molecule has 0 aliphatic carbocycles. The number of amides is 2. The zero-order valence-corrected chi connectivity index (χ0v) is 23.4. The standard InChI is InChI=1S/C28H35ClN4O6/c1-5-6-17(18-7-9-22(28(36)37)23(30)13-18)14-26(34)33-16-25(31-39-4)32(2)15-20(27(33)35)11-19-12-21(29)8-10-24(19)38-3/h7-10,12-13,17,20H,5-6,11,14-16,30H2,1-4H3,(H,36,37)/b31-25-/t17-,20?/m0/s1. The Morgan fingerprint density at radius 2 is 1.97 bits per heavy atom. The molecular formula is C28H35ClN4O6. The number of halogens is 1. The van der Waals surface area contributed by atoms with E-state index in [0.717, 1.165) is 17.5 Å². The third-order valence-corrected chi connectivity index (χ3v) is 7.13. The maximum atomic E-state index is 13.8. The molecule has 3 rings (SSSR count). The molecular weight excluding hydrogens is 524 g/mol. The largest absolute Gasteiger partial charge is 0.496 e. The molecule has 0 spiro atoms. The van der Waals surface area contributed by atoms with Crippen molar-refractivity contribution >= 4 is 40.9 Å². The molecule has 2 aromatic carbocycles. The molecule has 0 bridgehead atoms. The van der Waals surface area contributed by atoms with E-state index in [0.29, 0.717) is 36.0 Å². The van der Waals surface area contributed by atoms with Crippen LogP contribution in [-0.2, 0) is 20.8 Å². The Balaban J connectivity index is 1.93. The predicted octanol–water partition coefficient (Wildman–Crippen LogP) is 4.02. The summed E-state index contributed by atoms with van der Waals surface area (Å²) in [5.41, 5.74) is 7.62. The Kier molecular flexibility index (Phi) is 10.2. The summed E-state index contributed by atoms with van der Waals surface area (Å²) in [5.74, 6) is -1.59. The minimum Gasteiger partial charge on any atom is -0.496 e. The molecule has 10 nitrogen and oxygen atoms in total. The van der Waals surface area contributed by atoms with Gasteiger partial charge in [0.2, 0.25) is 11.8 Å². The number of oxime groups is 1. The number of carbonyl (C=O) groups excluding carboxylic acids is 2. The van der Waals surface area contributed by atoms with Crippen LogP contribution in [0.25, 0.3) is 0 Å². The first kappa shape index (κ1) is 29.8. The Morgan fingerprint density at radius 1 is 1.23 bits per heavy atom. The molecule has 1 unspecified atom stereocenters. The Hall–Kier alpha value is -3.79. The van der Waals surface area contributed by atoms with E-state index in [2.05, 4.69) is 5.16 Å². The molecule has 2 amide bonds. The molecule has 210 valence electrons. The first-order valence-corrected chi connectivity index (χ1v) is 13.1. The van der Waals surface area contributed by atoms with Gasteiger partial charge < -0.3 is 25.3 Å². The molecule has 1 aliphatic heterocycles. The second-order valence-electron chi connectivity index (χ2n) is 9.59. The lowest BCUT2D eigenvalue weighted by Gasteiger charge is -2.25. The number of aromatic carboxylic acids is 1. The summed E-state index contributed by atoms with van der Waals surface area (Å²) >= 11 is 6.22. The minimum atomic E-state index is -1.12. The lowest BCUT2D eigenvalue weighted by Crippen LogP contribution is -2.43. The number of imide groups is 1. The summed E-state index contributed by atoms with van der Waals surface area (Å²) in [6, 6.07) is 9.95. The van der Waals surface area contributed by atoms with Crippen LogP contribution >= 0.6 is 11.6 Å². The number of carboxylic acid groups (broad SMARTS) is 1. The van der Waals surface area contributed by atoms with Gasteiger partial charge in [0.25, 0.3) is 0 Å². The van der Waals surface area contributed by atoms with Crippen molar-refractivity contribution in [1.29, 1.82) is 0 Å². The number of hydrogen-bond donors (Lipinski definition) is 2. The van der Waals surface area contributed by atoms with Crippen LogP contribution in [0.4, 0.5) is 5.69 Å². The summed E-state index contributed by atoms with van der Waals surface area (Å²) < 4.78 is 5.48. The maximum absolute atomic E-state index is 13.8.